The lowest BCUT2D eigenvalue weighted by Gasteiger charge is -2.03. The summed E-state index contributed by atoms with van der Waals surface area (Å²) in [6.07, 6.45) is 2.64. The van der Waals surface area contributed by atoms with Crippen LogP contribution in [-0.2, 0) is 13.5 Å². The fourth-order valence-electron chi connectivity index (χ4n) is 1.40. The molecule has 0 aromatic carbocycles. The van der Waals surface area contributed by atoms with E-state index in [0.29, 0.717) is 5.95 Å². The lowest BCUT2D eigenvalue weighted by Crippen LogP contribution is -2.00. The second-order valence-electron chi connectivity index (χ2n) is 3.34. The van der Waals surface area contributed by atoms with Gasteiger partial charge in [-0.25, -0.2) is 0 Å². The van der Waals surface area contributed by atoms with Crippen molar-refractivity contribution >= 4 is 34.8 Å². The zero-order valence-electron chi connectivity index (χ0n) is 9.28. The summed E-state index contributed by atoms with van der Waals surface area (Å²) >= 11 is 11.4. The SMILES string of the molecule is CCc1nn(C)cc1Nc1nc(Cl)nc(Cl)n1. The first-order chi connectivity index (χ1) is 8.08. The van der Waals surface area contributed by atoms with Crippen LogP contribution >= 0.6 is 23.2 Å². The topological polar surface area (TPSA) is 68.5 Å². The molecule has 0 unspecified atom stereocenters. The van der Waals surface area contributed by atoms with Crippen LogP contribution in [0.25, 0.3) is 0 Å². The van der Waals surface area contributed by atoms with Crippen LogP contribution in [-0.4, -0.2) is 24.7 Å². The molecule has 2 heterocycles. The normalized spacial score (nSPS) is 10.6. The monoisotopic (exact) mass is 272 g/mol. The van der Waals surface area contributed by atoms with Gasteiger partial charge in [0.15, 0.2) is 0 Å². The molecule has 1 N–H and O–H groups in total. The average Bonchev–Trinajstić information content (AvgIpc) is 2.57. The number of hydrogen-bond donors (Lipinski definition) is 1. The smallest absolute Gasteiger partial charge is 0.232 e. The number of aryl methyl sites for hydroxylation is 2. The Morgan fingerprint density at radius 2 is 1.88 bits per heavy atom. The van der Waals surface area contributed by atoms with Crippen LogP contribution in [0.5, 0.6) is 0 Å². The Balaban J connectivity index is 2.30. The van der Waals surface area contributed by atoms with E-state index in [1.807, 2.05) is 20.2 Å². The van der Waals surface area contributed by atoms with Crippen molar-refractivity contribution in [3.05, 3.63) is 22.5 Å². The van der Waals surface area contributed by atoms with E-state index in [2.05, 4.69) is 25.4 Å². The van der Waals surface area contributed by atoms with Crippen molar-refractivity contribution in [3.63, 3.8) is 0 Å². The lowest BCUT2D eigenvalue weighted by molar-refractivity contribution is 0.746. The third kappa shape index (κ3) is 2.83. The Morgan fingerprint density at radius 3 is 2.47 bits per heavy atom. The van der Waals surface area contributed by atoms with Gasteiger partial charge in [-0.15, -0.1) is 0 Å². The van der Waals surface area contributed by atoms with E-state index in [1.54, 1.807) is 4.68 Å². The van der Waals surface area contributed by atoms with Crippen molar-refractivity contribution in [2.45, 2.75) is 13.3 Å². The predicted molar refractivity (Wildman–Crippen MR) is 65.7 cm³/mol. The van der Waals surface area contributed by atoms with Crippen LogP contribution in [0.1, 0.15) is 12.6 Å². The number of nitrogens with zero attached hydrogens (tertiary/aromatic N) is 5. The molecule has 90 valence electrons. The average molecular weight is 273 g/mol. The molecule has 6 nitrogen and oxygen atoms in total. The second-order valence-corrected chi connectivity index (χ2v) is 4.01. The molecule has 0 aliphatic carbocycles. The first kappa shape index (κ1) is 12.1. The van der Waals surface area contributed by atoms with Crippen LogP contribution in [0.15, 0.2) is 6.20 Å². The maximum absolute atomic E-state index is 5.69. The second kappa shape index (κ2) is 4.85. The van der Waals surface area contributed by atoms with E-state index in [9.17, 15) is 0 Å². The summed E-state index contributed by atoms with van der Waals surface area (Å²) < 4.78 is 1.71. The van der Waals surface area contributed by atoms with E-state index >= 15 is 0 Å². The van der Waals surface area contributed by atoms with Crippen molar-refractivity contribution < 1.29 is 0 Å². The van der Waals surface area contributed by atoms with Crippen molar-refractivity contribution in [1.82, 2.24) is 24.7 Å². The van der Waals surface area contributed by atoms with Crippen LogP contribution in [0, 0.1) is 0 Å². The summed E-state index contributed by atoms with van der Waals surface area (Å²) in [5, 5.41) is 7.40. The van der Waals surface area contributed by atoms with Gasteiger partial charge < -0.3 is 5.32 Å². The van der Waals surface area contributed by atoms with Gasteiger partial charge in [-0.05, 0) is 29.6 Å². The van der Waals surface area contributed by atoms with E-state index < -0.39 is 0 Å². The van der Waals surface area contributed by atoms with Gasteiger partial charge in [0, 0.05) is 13.2 Å². The molecule has 0 atom stereocenters. The summed E-state index contributed by atoms with van der Waals surface area (Å²) in [5.74, 6) is 0.303. The summed E-state index contributed by atoms with van der Waals surface area (Å²) in [5.41, 5.74) is 1.74. The quantitative estimate of drug-likeness (QED) is 0.928. The van der Waals surface area contributed by atoms with E-state index in [1.165, 1.54) is 0 Å². The Bertz CT molecular complexity index is 518. The lowest BCUT2D eigenvalue weighted by atomic mass is 10.3. The van der Waals surface area contributed by atoms with E-state index in [0.717, 1.165) is 17.8 Å². The van der Waals surface area contributed by atoms with Crippen LogP contribution < -0.4 is 5.32 Å². The van der Waals surface area contributed by atoms with Crippen molar-refractivity contribution in [2.75, 3.05) is 5.32 Å². The molecule has 8 heteroatoms. The van der Waals surface area contributed by atoms with Gasteiger partial charge in [-0.1, -0.05) is 6.92 Å². The molecule has 0 spiro atoms. The van der Waals surface area contributed by atoms with E-state index in [-0.39, 0.29) is 10.6 Å². The Labute approximate surface area is 108 Å². The first-order valence-corrected chi connectivity index (χ1v) is 5.70. The molecule has 0 aliphatic rings. The highest BCUT2D eigenvalue weighted by molar-refractivity contribution is 6.31. The minimum atomic E-state index is 0.0504. The van der Waals surface area contributed by atoms with Crippen LogP contribution in [0.4, 0.5) is 11.6 Å². The first-order valence-electron chi connectivity index (χ1n) is 4.95. The number of aromatic nitrogens is 5. The highest BCUT2D eigenvalue weighted by Crippen LogP contribution is 2.19. The van der Waals surface area contributed by atoms with E-state index in [4.69, 9.17) is 23.2 Å². The molecule has 0 fully saturated rings. The standard InChI is InChI=1S/C9H10Cl2N6/c1-3-5-6(4-17(2)16-5)12-9-14-7(10)13-8(11)15-9/h4H,3H2,1-2H3,(H,12,13,14,15). The summed E-state index contributed by atoms with van der Waals surface area (Å²) in [6, 6.07) is 0. The maximum Gasteiger partial charge on any atom is 0.232 e. The third-order valence-electron chi connectivity index (χ3n) is 2.07. The molecular formula is C9H10Cl2N6. The molecule has 0 amide bonds. The third-order valence-corrected chi connectivity index (χ3v) is 2.41. The minimum absolute atomic E-state index is 0.0504. The van der Waals surface area contributed by atoms with Crippen LogP contribution in [0.2, 0.25) is 10.6 Å². The zero-order valence-corrected chi connectivity index (χ0v) is 10.8. The molecular weight excluding hydrogens is 263 g/mol. The largest absolute Gasteiger partial charge is 0.321 e. The summed E-state index contributed by atoms with van der Waals surface area (Å²) in [7, 11) is 1.84. The van der Waals surface area contributed by atoms with Crippen LogP contribution in [0.3, 0.4) is 0 Å². The Kier molecular flexibility index (Phi) is 3.44. The molecule has 0 radical (unpaired) electrons. The highest BCUT2D eigenvalue weighted by atomic mass is 35.5. The predicted octanol–water partition coefficient (Wildman–Crippen LogP) is 2.22. The fourth-order valence-corrected chi connectivity index (χ4v) is 1.77. The summed E-state index contributed by atoms with van der Waals surface area (Å²) in [6.45, 7) is 2.01. The molecule has 2 aromatic heterocycles. The van der Waals surface area contributed by atoms with Crippen molar-refractivity contribution in [2.24, 2.45) is 7.05 Å². The van der Waals surface area contributed by atoms with Gasteiger partial charge >= 0.3 is 0 Å². The molecule has 2 aromatic rings. The number of anilines is 2. The Hall–Kier alpha value is -1.40. The molecule has 0 saturated heterocycles. The van der Waals surface area contributed by atoms with Gasteiger partial charge in [0.2, 0.25) is 16.5 Å². The number of nitrogens with one attached hydrogen (secondary N) is 1. The van der Waals surface area contributed by atoms with Gasteiger partial charge in [-0.3, -0.25) is 4.68 Å². The highest BCUT2D eigenvalue weighted by Gasteiger charge is 2.09. The number of rotatable bonds is 3. The van der Waals surface area contributed by atoms with Crippen molar-refractivity contribution in [1.29, 1.82) is 0 Å². The molecule has 0 bridgehead atoms. The minimum Gasteiger partial charge on any atom is -0.321 e. The van der Waals surface area contributed by atoms with Gasteiger partial charge in [0.1, 0.15) is 0 Å². The molecule has 2 rings (SSSR count). The summed E-state index contributed by atoms with van der Waals surface area (Å²) in [4.78, 5) is 11.5. The molecule has 0 aliphatic heterocycles. The maximum atomic E-state index is 5.69. The van der Waals surface area contributed by atoms with Gasteiger partial charge in [0.05, 0.1) is 11.4 Å². The number of halogens is 2. The van der Waals surface area contributed by atoms with Gasteiger partial charge in [0.25, 0.3) is 0 Å². The van der Waals surface area contributed by atoms with Gasteiger partial charge in [-0.2, -0.15) is 20.1 Å². The molecule has 17 heavy (non-hydrogen) atoms. The van der Waals surface area contributed by atoms with Crippen molar-refractivity contribution in [3.8, 4) is 0 Å². The number of hydrogen-bond acceptors (Lipinski definition) is 5. The fraction of sp³-hybridized carbons (Fsp3) is 0.333. The zero-order chi connectivity index (χ0) is 12.4. The Morgan fingerprint density at radius 1 is 1.24 bits per heavy atom. The molecule has 0 saturated carbocycles.